The average Bonchev–Trinajstić information content (AvgIpc) is 2.85. The molecule has 0 spiro atoms. The molecule has 1 saturated carbocycles. The lowest BCUT2D eigenvalue weighted by Crippen LogP contribution is -2.23. The van der Waals surface area contributed by atoms with Gasteiger partial charge in [-0.1, -0.05) is 56.5 Å². The van der Waals surface area contributed by atoms with E-state index in [1.165, 1.54) is 32.1 Å². The van der Waals surface area contributed by atoms with E-state index in [-0.39, 0.29) is 5.69 Å². The van der Waals surface area contributed by atoms with Crippen LogP contribution in [-0.4, -0.2) is 15.6 Å². The van der Waals surface area contributed by atoms with Gasteiger partial charge < -0.3 is 5.32 Å². The van der Waals surface area contributed by atoms with E-state index in [0.717, 1.165) is 30.0 Å². The number of H-pyrrole nitrogens is 1. The van der Waals surface area contributed by atoms with Crippen LogP contribution in [0.25, 0.3) is 11.3 Å². The number of aromatic amines is 1. The molecule has 2 aromatic rings. The Labute approximate surface area is 131 Å². The van der Waals surface area contributed by atoms with E-state index in [1.807, 2.05) is 22.8 Å². The molecular formula is C18H25N3O. The summed E-state index contributed by atoms with van der Waals surface area (Å²) in [5, 5.41) is 3.59. The number of nitrogens with one attached hydrogen (secondary N) is 2. The van der Waals surface area contributed by atoms with Crippen molar-refractivity contribution in [2.45, 2.75) is 58.0 Å². The minimum Gasteiger partial charge on any atom is -0.367 e. The normalized spacial score (nSPS) is 15.9. The van der Waals surface area contributed by atoms with Gasteiger partial charge in [0.1, 0.15) is 5.82 Å². The average molecular weight is 299 g/mol. The fourth-order valence-electron chi connectivity index (χ4n) is 3.36. The van der Waals surface area contributed by atoms with Gasteiger partial charge in [0.15, 0.2) is 0 Å². The maximum absolute atomic E-state index is 12.3. The second-order valence-corrected chi connectivity index (χ2v) is 6.15. The van der Waals surface area contributed by atoms with E-state index >= 15 is 0 Å². The molecule has 1 aliphatic rings. The van der Waals surface area contributed by atoms with E-state index in [2.05, 4.69) is 29.4 Å². The largest absolute Gasteiger partial charge is 0.367 e. The van der Waals surface area contributed by atoms with Crippen LogP contribution in [0.2, 0.25) is 0 Å². The highest BCUT2D eigenvalue weighted by Crippen LogP contribution is 2.28. The Hall–Kier alpha value is -1.97. The van der Waals surface area contributed by atoms with Gasteiger partial charge >= 0.3 is 5.69 Å². The van der Waals surface area contributed by atoms with Gasteiger partial charge in [-0.3, -0.25) is 9.55 Å². The van der Waals surface area contributed by atoms with Gasteiger partial charge in [-0.15, -0.1) is 0 Å². The highest BCUT2D eigenvalue weighted by molar-refractivity contribution is 5.72. The first-order valence-corrected chi connectivity index (χ1v) is 8.44. The Balaban J connectivity index is 1.98. The number of benzene rings is 1. The number of rotatable bonds is 5. The van der Waals surface area contributed by atoms with E-state index in [0.29, 0.717) is 6.04 Å². The van der Waals surface area contributed by atoms with Gasteiger partial charge in [0.25, 0.3) is 0 Å². The summed E-state index contributed by atoms with van der Waals surface area (Å²) in [6.07, 6.45) is 7.21. The molecule has 0 atom stereocenters. The molecule has 118 valence electrons. The molecular weight excluding hydrogens is 274 g/mol. The Morgan fingerprint density at radius 3 is 2.59 bits per heavy atom. The Bertz CT molecular complexity index is 651. The van der Waals surface area contributed by atoms with Crippen LogP contribution in [0.15, 0.2) is 35.1 Å². The monoisotopic (exact) mass is 299 g/mol. The molecule has 0 aliphatic heterocycles. The van der Waals surface area contributed by atoms with Gasteiger partial charge in [-0.25, -0.2) is 4.79 Å². The molecule has 1 aliphatic carbocycles. The van der Waals surface area contributed by atoms with E-state index in [1.54, 1.807) is 0 Å². The van der Waals surface area contributed by atoms with Gasteiger partial charge in [-0.2, -0.15) is 0 Å². The van der Waals surface area contributed by atoms with Crippen LogP contribution in [-0.2, 0) is 6.54 Å². The lowest BCUT2D eigenvalue weighted by Gasteiger charge is -2.23. The van der Waals surface area contributed by atoms with Crippen molar-refractivity contribution in [1.82, 2.24) is 9.55 Å². The lowest BCUT2D eigenvalue weighted by atomic mass is 9.95. The summed E-state index contributed by atoms with van der Waals surface area (Å²) < 4.78 is 1.86. The van der Waals surface area contributed by atoms with Crippen molar-refractivity contribution < 1.29 is 0 Å². The Morgan fingerprint density at radius 1 is 1.18 bits per heavy atom. The highest BCUT2D eigenvalue weighted by atomic mass is 16.1. The fraction of sp³-hybridized carbons (Fsp3) is 0.500. The summed E-state index contributed by atoms with van der Waals surface area (Å²) >= 11 is 0. The second-order valence-electron chi connectivity index (χ2n) is 6.15. The molecule has 1 aromatic heterocycles. The van der Waals surface area contributed by atoms with E-state index in [4.69, 9.17) is 0 Å². The van der Waals surface area contributed by atoms with Crippen LogP contribution in [0.5, 0.6) is 0 Å². The SMILES string of the molecule is CCCn1c(-c2ccccc2)c(NC2CCCCC2)[nH]c1=O. The smallest absolute Gasteiger partial charge is 0.327 e. The zero-order valence-corrected chi connectivity index (χ0v) is 13.3. The summed E-state index contributed by atoms with van der Waals surface area (Å²) in [4.78, 5) is 15.4. The molecule has 2 N–H and O–H groups in total. The third-order valence-electron chi connectivity index (χ3n) is 4.43. The molecule has 0 saturated heterocycles. The number of nitrogens with zero attached hydrogens (tertiary/aromatic N) is 1. The van der Waals surface area contributed by atoms with Crippen LogP contribution in [0.3, 0.4) is 0 Å². The van der Waals surface area contributed by atoms with Crippen molar-refractivity contribution in [1.29, 1.82) is 0 Å². The first-order chi connectivity index (χ1) is 10.8. The summed E-state index contributed by atoms with van der Waals surface area (Å²) in [6.45, 7) is 2.84. The topological polar surface area (TPSA) is 49.8 Å². The fourth-order valence-corrected chi connectivity index (χ4v) is 3.36. The number of anilines is 1. The summed E-state index contributed by atoms with van der Waals surface area (Å²) in [5.41, 5.74) is 2.07. The van der Waals surface area contributed by atoms with Gasteiger partial charge in [0, 0.05) is 18.2 Å². The maximum atomic E-state index is 12.3. The zero-order chi connectivity index (χ0) is 15.4. The van der Waals surface area contributed by atoms with Crippen molar-refractivity contribution in [3.8, 4) is 11.3 Å². The molecule has 4 heteroatoms. The molecule has 0 radical (unpaired) electrons. The summed E-state index contributed by atoms with van der Waals surface area (Å²) in [5.74, 6) is 0.886. The van der Waals surface area contributed by atoms with E-state index < -0.39 is 0 Å². The molecule has 0 bridgehead atoms. The Kier molecular flexibility index (Phi) is 4.66. The highest BCUT2D eigenvalue weighted by Gasteiger charge is 2.19. The molecule has 1 heterocycles. The first kappa shape index (κ1) is 14.9. The quantitative estimate of drug-likeness (QED) is 0.876. The van der Waals surface area contributed by atoms with Crippen LogP contribution in [0.4, 0.5) is 5.82 Å². The standard InChI is InChI=1S/C18H25N3O/c1-2-13-21-16(14-9-5-3-6-10-14)17(20-18(21)22)19-15-11-7-4-8-12-15/h3,5-6,9-10,15,19H,2,4,7-8,11-13H2,1H3,(H,20,22). The molecule has 22 heavy (non-hydrogen) atoms. The van der Waals surface area contributed by atoms with Crippen molar-refractivity contribution in [2.24, 2.45) is 0 Å². The van der Waals surface area contributed by atoms with Gasteiger partial charge in [-0.05, 0) is 19.3 Å². The second kappa shape index (κ2) is 6.86. The molecule has 0 amide bonds. The third kappa shape index (κ3) is 3.11. The van der Waals surface area contributed by atoms with Crippen LogP contribution in [0, 0.1) is 0 Å². The summed E-state index contributed by atoms with van der Waals surface area (Å²) in [6, 6.07) is 10.7. The number of aromatic nitrogens is 2. The zero-order valence-electron chi connectivity index (χ0n) is 13.3. The summed E-state index contributed by atoms with van der Waals surface area (Å²) in [7, 11) is 0. The molecule has 4 nitrogen and oxygen atoms in total. The number of hydrogen-bond acceptors (Lipinski definition) is 2. The first-order valence-electron chi connectivity index (χ1n) is 8.44. The van der Waals surface area contributed by atoms with Gasteiger partial charge in [0.05, 0.1) is 5.69 Å². The van der Waals surface area contributed by atoms with Crippen molar-refractivity contribution in [3.63, 3.8) is 0 Å². The van der Waals surface area contributed by atoms with Crippen LogP contribution >= 0.6 is 0 Å². The molecule has 0 unspecified atom stereocenters. The minimum atomic E-state index is -0.0148. The molecule has 3 rings (SSSR count). The maximum Gasteiger partial charge on any atom is 0.327 e. The predicted molar refractivity (Wildman–Crippen MR) is 91.3 cm³/mol. The van der Waals surface area contributed by atoms with Crippen molar-refractivity contribution in [3.05, 3.63) is 40.8 Å². The van der Waals surface area contributed by atoms with Crippen LogP contribution in [0.1, 0.15) is 45.4 Å². The number of imidazole rings is 1. The van der Waals surface area contributed by atoms with Crippen molar-refractivity contribution >= 4 is 5.82 Å². The number of hydrogen-bond donors (Lipinski definition) is 2. The predicted octanol–water partition coefficient (Wildman–Crippen LogP) is 4.00. The van der Waals surface area contributed by atoms with Crippen LogP contribution < -0.4 is 11.0 Å². The van der Waals surface area contributed by atoms with E-state index in [9.17, 15) is 4.79 Å². The van der Waals surface area contributed by atoms with Gasteiger partial charge in [0.2, 0.25) is 0 Å². The minimum absolute atomic E-state index is 0.0148. The molecule has 1 aromatic carbocycles. The van der Waals surface area contributed by atoms with Crippen molar-refractivity contribution in [2.75, 3.05) is 5.32 Å². The Morgan fingerprint density at radius 2 is 1.91 bits per heavy atom. The third-order valence-corrected chi connectivity index (χ3v) is 4.43. The molecule has 1 fully saturated rings. The lowest BCUT2D eigenvalue weighted by molar-refractivity contribution is 0.462.